The van der Waals surface area contributed by atoms with Crippen LogP contribution in [0.3, 0.4) is 0 Å². The quantitative estimate of drug-likeness (QED) is 0.871. The molecule has 0 aliphatic carbocycles. The average molecular weight is 330 g/mol. The largest absolute Gasteiger partial charge is 0.508 e. The molecule has 0 spiro atoms. The zero-order valence-electron chi connectivity index (χ0n) is 12.7. The first kappa shape index (κ1) is 14.5. The molecule has 0 aromatic heterocycles. The van der Waals surface area contributed by atoms with Crippen LogP contribution in [0, 0.1) is 0 Å². The molecule has 0 amide bonds. The van der Waals surface area contributed by atoms with Crippen LogP contribution < -0.4 is 18.9 Å². The Bertz CT molecular complexity index is 843. The monoisotopic (exact) mass is 330 g/mol. The minimum absolute atomic E-state index is 0.0452. The number of Topliss-reactive ketones (excluding diaryl/α,β-unsaturated/α-hetero) is 1. The first-order valence-electron chi connectivity index (χ1n) is 7.29. The summed E-state index contributed by atoms with van der Waals surface area (Å²) in [5, 5.41) is 19.5. The summed E-state index contributed by atoms with van der Waals surface area (Å²) in [5.74, 6) is 0.240. The zero-order chi connectivity index (χ0) is 16.8. The molecule has 0 bridgehead atoms. The molecule has 0 fully saturated rings. The molecule has 2 heterocycles. The molecule has 0 saturated carbocycles. The van der Waals surface area contributed by atoms with Crippen molar-refractivity contribution in [3.63, 3.8) is 0 Å². The van der Waals surface area contributed by atoms with E-state index in [1.165, 1.54) is 13.2 Å². The lowest BCUT2D eigenvalue weighted by Crippen LogP contribution is -2.26. The van der Waals surface area contributed by atoms with E-state index >= 15 is 0 Å². The van der Waals surface area contributed by atoms with E-state index in [4.69, 9.17) is 18.9 Å². The Balaban J connectivity index is 1.80. The van der Waals surface area contributed by atoms with Crippen molar-refractivity contribution in [1.82, 2.24) is 0 Å². The number of ether oxygens (including phenoxy) is 4. The van der Waals surface area contributed by atoms with Crippen LogP contribution in [0.15, 0.2) is 24.3 Å². The molecule has 1 atom stereocenters. The Labute approximate surface area is 137 Å². The molecule has 0 radical (unpaired) electrons. The zero-order valence-corrected chi connectivity index (χ0v) is 12.7. The number of phenols is 2. The van der Waals surface area contributed by atoms with Crippen LogP contribution >= 0.6 is 0 Å². The van der Waals surface area contributed by atoms with Gasteiger partial charge in [-0.3, -0.25) is 4.79 Å². The second-order valence-corrected chi connectivity index (χ2v) is 5.51. The van der Waals surface area contributed by atoms with Gasteiger partial charge in [-0.2, -0.15) is 0 Å². The van der Waals surface area contributed by atoms with Gasteiger partial charge in [0.05, 0.1) is 13.0 Å². The van der Waals surface area contributed by atoms with E-state index < -0.39 is 5.92 Å². The first-order valence-corrected chi connectivity index (χ1v) is 7.29. The third kappa shape index (κ3) is 2.09. The van der Waals surface area contributed by atoms with Gasteiger partial charge in [-0.05, 0) is 6.07 Å². The van der Waals surface area contributed by atoms with Gasteiger partial charge in [0.15, 0.2) is 17.3 Å². The number of hydrogen-bond acceptors (Lipinski definition) is 7. The lowest BCUT2D eigenvalue weighted by molar-refractivity contribution is 0.0890. The highest BCUT2D eigenvalue weighted by Crippen LogP contribution is 2.45. The number of aromatic hydroxyl groups is 2. The molecule has 2 aromatic rings. The van der Waals surface area contributed by atoms with Crippen molar-refractivity contribution in [3.8, 4) is 34.5 Å². The summed E-state index contributed by atoms with van der Waals surface area (Å²) in [6.45, 7) is 0.171. The number of rotatable bonds is 2. The van der Waals surface area contributed by atoms with Crippen molar-refractivity contribution < 1.29 is 34.0 Å². The molecule has 24 heavy (non-hydrogen) atoms. The number of carbonyl (C=O) groups is 1. The van der Waals surface area contributed by atoms with Crippen molar-refractivity contribution in [2.75, 3.05) is 20.5 Å². The Morgan fingerprint density at radius 3 is 2.54 bits per heavy atom. The van der Waals surface area contributed by atoms with Gasteiger partial charge < -0.3 is 29.2 Å². The Kier molecular flexibility index (Phi) is 3.16. The predicted molar refractivity (Wildman–Crippen MR) is 81.5 cm³/mol. The highest BCUT2D eigenvalue weighted by Gasteiger charge is 2.36. The van der Waals surface area contributed by atoms with Gasteiger partial charge in [0.25, 0.3) is 0 Å². The van der Waals surface area contributed by atoms with Crippen LogP contribution in [0.2, 0.25) is 0 Å². The Hall–Kier alpha value is -3.09. The van der Waals surface area contributed by atoms with Gasteiger partial charge >= 0.3 is 0 Å². The molecule has 2 aliphatic heterocycles. The molecular formula is C17H14O7. The number of carbonyl (C=O) groups excluding carboxylic acids is 1. The molecule has 124 valence electrons. The standard InChI is InChI=1S/C17H14O7/c1-21-12-5-14-13(23-7-24-14)4-9(12)10-6-22-15-3-8(18)2-11(19)16(15)17(10)20/h2-5,10,18-19H,6-7H2,1H3. The lowest BCUT2D eigenvalue weighted by atomic mass is 9.87. The number of hydrogen-bond donors (Lipinski definition) is 2. The molecule has 1 unspecified atom stereocenters. The van der Waals surface area contributed by atoms with Gasteiger partial charge in [0.1, 0.15) is 35.2 Å². The number of benzene rings is 2. The van der Waals surface area contributed by atoms with Gasteiger partial charge in [-0.25, -0.2) is 0 Å². The van der Waals surface area contributed by atoms with Crippen molar-refractivity contribution in [3.05, 3.63) is 35.4 Å². The van der Waals surface area contributed by atoms with Crippen molar-refractivity contribution >= 4 is 5.78 Å². The number of phenolic OH excluding ortho intramolecular Hbond substituents is 2. The molecule has 4 rings (SSSR count). The summed E-state index contributed by atoms with van der Waals surface area (Å²) in [6.07, 6.45) is 0. The molecule has 2 N–H and O–H groups in total. The van der Waals surface area contributed by atoms with Crippen LogP contribution in [0.1, 0.15) is 21.8 Å². The maximum absolute atomic E-state index is 12.9. The Morgan fingerprint density at radius 2 is 1.79 bits per heavy atom. The highest BCUT2D eigenvalue weighted by molar-refractivity contribution is 6.07. The van der Waals surface area contributed by atoms with Crippen LogP contribution in [0.4, 0.5) is 0 Å². The number of fused-ring (bicyclic) bond motifs is 2. The SMILES string of the molecule is COc1cc2c(cc1C1COc3cc(O)cc(O)c3C1=O)OCO2. The molecule has 7 heteroatoms. The minimum atomic E-state index is -0.669. The topological polar surface area (TPSA) is 94.5 Å². The van der Waals surface area contributed by atoms with E-state index in [-0.39, 0.29) is 42.0 Å². The second-order valence-electron chi connectivity index (χ2n) is 5.51. The van der Waals surface area contributed by atoms with Crippen molar-refractivity contribution in [2.24, 2.45) is 0 Å². The van der Waals surface area contributed by atoms with Gasteiger partial charge in [-0.1, -0.05) is 0 Å². The minimum Gasteiger partial charge on any atom is -0.508 e. The van der Waals surface area contributed by atoms with Crippen LogP contribution in [0.5, 0.6) is 34.5 Å². The molecule has 2 aromatic carbocycles. The smallest absolute Gasteiger partial charge is 0.231 e. The fourth-order valence-electron chi connectivity index (χ4n) is 2.99. The van der Waals surface area contributed by atoms with E-state index in [1.54, 1.807) is 12.1 Å². The normalized spacial score (nSPS) is 18.0. The summed E-state index contributed by atoms with van der Waals surface area (Å²) >= 11 is 0. The first-order chi connectivity index (χ1) is 11.6. The lowest BCUT2D eigenvalue weighted by Gasteiger charge is -2.26. The maximum Gasteiger partial charge on any atom is 0.231 e. The summed E-state index contributed by atoms with van der Waals surface area (Å²) in [4.78, 5) is 12.9. The fourth-order valence-corrected chi connectivity index (χ4v) is 2.99. The second kappa shape index (κ2) is 5.23. The van der Waals surface area contributed by atoms with Crippen LogP contribution in [-0.4, -0.2) is 36.5 Å². The summed E-state index contributed by atoms with van der Waals surface area (Å²) in [6, 6.07) is 5.77. The number of ketones is 1. The van der Waals surface area contributed by atoms with E-state index in [0.717, 1.165) is 6.07 Å². The van der Waals surface area contributed by atoms with E-state index in [2.05, 4.69) is 0 Å². The third-order valence-electron chi connectivity index (χ3n) is 4.13. The van der Waals surface area contributed by atoms with Crippen molar-refractivity contribution in [2.45, 2.75) is 5.92 Å². The summed E-state index contributed by atoms with van der Waals surface area (Å²) < 4.78 is 21.6. The van der Waals surface area contributed by atoms with E-state index in [9.17, 15) is 15.0 Å². The highest BCUT2D eigenvalue weighted by atomic mass is 16.7. The van der Waals surface area contributed by atoms with E-state index in [0.29, 0.717) is 22.8 Å². The van der Waals surface area contributed by atoms with Crippen LogP contribution in [0.25, 0.3) is 0 Å². The van der Waals surface area contributed by atoms with Gasteiger partial charge in [0.2, 0.25) is 6.79 Å². The average Bonchev–Trinajstić information content (AvgIpc) is 3.00. The van der Waals surface area contributed by atoms with E-state index in [1.807, 2.05) is 0 Å². The van der Waals surface area contributed by atoms with Crippen molar-refractivity contribution in [1.29, 1.82) is 0 Å². The van der Waals surface area contributed by atoms with Gasteiger partial charge in [-0.15, -0.1) is 0 Å². The third-order valence-corrected chi connectivity index (χ3v) is 4.13. The molecule has 7 nitrogen and oxygen atoms in total. The maximum atomic E-state index is 12.9. The Morgan fingerprint density at radius 1 is 1.04 bits per heavy atom. The van der Waals surface area contributed by atoms with Crippen LogP contribution in [-0.2, 0) is 0 Å². The summed E-state index contributed by atoms with van der Waals surface area (Å²) in [5.41, 5.74) is 0.633. The molecule has 0 saturated heterocycles. The molecular weight excluding hydrogens is 316 g/mol. The number of methoxy groups -OCH3 is 1. The predicted octanol–water partition coefficient (Wildman–Crippen LogP) is 2.19. The molecule has 2 aliphatic rings. The fraction of sp³-hybridized carbons (Fsp3) is 0.235. The summed E-state index contributed by atoms with van der Waals surface area (Å²) in [7, 11) is 1.50. The van der Waals surface area contributed by atoms with Gasteiger partial charge in [0, 0.05) is 23.8 Å².